The summed E-state index contributed by atoms with van der Waals surface area (Å²) in [6, 6.07) is 9.56. The fourth-order valence-corrected chi connectivity index (χ4v) is 3.37. The number of pyridine rings is 1. The van der Waals surface area contributed by atoms with Crippen LogP contribution in [0.15, 0.2) is 36.5 Å². The van der Waals surface area contributed by atoms with E-state index in [0.717, 1.165) is 10.9 Å². The summed E-state index contributed by atoms with van der Waals surface area (Å²) < 4.78 is 0. The topological polar surface area (TPSA) is 68.0 Å². The lowest BCUT2D eigenvalue weighted by atomic mass is 9.84. The van der Waals surface area contributed by atoms with E-state index in [1.807, 2.05) is 30.3 Å². The lowest BCUT2D eigenvalue weighted by molar-refractivity contribution is 0.0915. The fraction of sp³-hybridized carbons (Fsp3) is 0.444. The van der Waals surface area contributed by atoms with Gasteiger partial charge in [0.15, 0.2) is 0 Å². The van der Waals surface area contributed by atoms with Crippen LogP contribution in [0.4, 0.5) is 0 Å². The van der Waals surface area contributed by atoms with Crippen molar-refractivity contribution in [3.05, 3.63) is 42.1 Å². The number of carbonyl (C=O) groups excluding carboxylic acids is 1. The van der Waals surface area contributed by atoms with Crippen molar-refractivity contribution in [3.63, 3.8) is 0 Å². The van der Waals surface area contributed by atoms with E-state index < -0.39 is 0 Å². The van der Waals surface area contributed by atoms with Crippen LogP contribution >= 0.6 is 0 Å². The van der Waals surface area contributed by atoms with Gasteiger partial charge in [0.2, 0.25) is 0 Å². The number of rotatable bonds is 4. The first-order chi connectivity index (χ1) is 10.8. The molecule has 0 bridgehead atoms. The molecular formula is C18H23N3O. The number of amides is 1. The highest BCUT2D eigenvalue weighted by Crippen LogP contribution is 2.26. The first-order valence-corrected chi connectivity index (χ1v) is 8.13. The number of nitrogens with one attached hydrogen (secondary N) is 1. The number of nitrogens with two attached hydrogens (primary N) is 1. The average molecular weight is 297 g/mol. The average Bonchev–Trinajstić information content (AvgIpc) is 2.59. The summed E-state index contributed by atoms with van der Waals surface area (Å²) in [5.41, 5.74) is 7.48. The summed E-state index contributed by atoms with van der Waals surface area (Å²) in [6.45, 7) is 0.505. The molecule has 1 aliphatic rings. The maximum absolute atomic E-state index is 12.5. The molecule has 1 aromatic heterocycles. The second-order valence-electron chi connectivity index (χ2n) is 6.12. The third-order valence-corrected chi connectivity index (χ3v) is 4.65. The third kappa shape index (κ3) is 3.28. The van der Waals surface area contributed by atoms with E-state index in [1.54, 1.807) is 6.20 Å². The van der Waals surface area contributed by atoms with Crippen LogP contribution in [0.3, 0.4) is 0 Å². The molecule has 1 fully saturated rings. The van der Waals surface area contributed by atoms with Crippen LogP contribution in [-0.2, 0) is 0 Å². The van der Waals surface area contributed by atoms with Gasteiger partial charge in [-0.05, 0) is 43.0 Å². The predicted octanol–water partition coefficient (Wildman–Crippen LogP) is 2.87. The van der Waals surface area contributed by atoms with Gasteiger partial charge < -0.3 is 11.1 Å². The van der Waals surface area contributed by atoms with E-state index in [2.05, 4.69) is 10.3 Å². The lowest BCUT2D eigenvalue weighted by Gasteiger charge is -2.30. The number of benzene rings is 1. The summed E-state index contributed by atoms with van der Waals surface area (Å²) in [4.78, 5) is 16.8. The molecule has 116 valence electrons. The fourth-order valence-electron chi connectivity index (χ4n) is 3.37. The number of fused-ring (bicyclic) bond motifs is 1. The van der Waals surface area contributed by atoms with Crippen LogP contribution in [-0.4, -0.2) is 23.5 Å². The molecule has 4 nitrogen and oxygen atoms in total. The Balaban J connectivity index is 1.73. The van der Waals surface area contributed by atoms with Crippen molar-refractivity contribution in [2.75, 3.05) is 6.54 Å². The molecule has 2 aromatic rings. The van der Waals surface area contributed by atoms with Crippen LogP contribution in [0.2, 0.25) is 0 Å². The summed E-state index contributed by atoms with van der Waals surface area (Å²) in [5.74, 6) is 0.483. The summed E-state index contributed by atoms with van der Waals surface area (Å²) in [7, 11) is 0. The van der Waals surface area contributed by atoms with Gasteiger partial charge in [-0.15, -0.1) is 0 Å². The third-order valence-electron chi connectivity index (χ3n) is 4.65. The van der Waals surface area contributed by atoms with E-state index in [0.29, 0.717) is 18.0 Å². The maximum Gasteiger partial charge on any atom is 0.251 e. The molecule has 0 saturated heterocycles. The molecule has 22 heavy (non-hydrogen) atoms. The molecular weight excluding hydrogens is 274 g/mol. The standard InChI is InChI=1S/C18H23N3O/c19-12-17(13-5-2-1-3-6-13)21-18(22)15-8-9-16-14(11-15)7-4-10-20-16/h4,7-11,13,17H,1-3,5-6,12,19H2,(H,21,22). The van der Waals surface area contributed by atoms with Crippen molar-refractivity contribution in [1.29, 1.82) is 0 Å². The van der Waals surface area contributed by atoms with Gasteiger partial charge in [0, 0.05) is 29.7 Å². The minimum atomic E-state index is -0.0354. The molecule has 3 N–H and O–H groups in total. The number of hydrogen-bond donors (Lipinski definition) is 2. The van der Waals surface area contributed by atoms with E-state index in [1.165, 1.54) is 32.1 Å². The van der Waals surface area contributed by atoms with Gasteiger partial charge in [-0.1, -0.05) is 25.3 Å². The first-order valence-electron chi connectivity index (χ1n) is 8.13. The normalized spacial score (nSPS) is 17.3. The van der Waals surface area contributed by atoms with Crippen LogP contribution < -0.4 is 11.1 Å². The minimum absolute atomic E-state index is 0.0354. The Bertz CT molecular complexity index is 650. The van der Waals surface area contributed by atoms with Crippen LogP contribution in [0.5, 0.6) is 0 Å². The van der Waals surface area contributed by atoms with Crippen molar-refractivity contribution >= 4 is 16.8 Å². The second-order valence-corrected chi connectivity index (χ2v) is 6.12. The van der Waals surface area contributed by atoms with Crippen molar-refractivity contribution in [2.24, 2.45) is 11.7 Å². The molecule has 4 heteroatoms. The van der Waals surface area contributed by atoms with E-state index in [-0.39, 0.29) is 11.9 Å². The Kier molecular flexibility index (Phi) is 4.68. The monoisotopic (exact) mass is 297 g/mol. The van der Waals surface area contributed by atoms with Crippen LogP contribution in [0.1, 0.15) is 42.5 Å². The Hall–Kier alpha value is -1.94. The van der Waals surface area contributed by atoms with Gasteiger partial charge in [0.1, 0.15) is 0 Å². The summed E-state index contributed by atoms with van der Waals surface area (Å²) >= 11 is 0. The highest BCUT2D eigenvalue weighted by Gasteiger charge is 2.24. The Morgan fingerprint density at radius 3 is 2.86 bits per heavy atom. The number of hydrogen-bond acceptors (Lipinski definition) is 3. The van der Waals surface area contributed by atoms with Crippen molar-refractivity contribution in [3.8, 4) is 0 Å². The highest BCUT2D eigenvalue weighted by atomic mass is 16.1. The maximum atomic E-state index is 12.5. The van der Waals surface area contributed by atoms with Gasteiger partial charge in [-0.25, -0.2) is 0 Å². The molecule has 0 spiro atoms. The number of nitrogens with zero attached hydrogens (tertiary/aromatic N) is 1. The SMILES string of the molecule is NCC(NC(=O)c1ccc2ncccc2c1)C1CCCCC1. The number of aromatic nitrogens is 1. The Morgan fingerprint density at radius 2 is 2.09 bits per heavy atom. The van der Waals surface area contributed by atoms with Gasteiger partial charge >= 0.3 is 0 Å². The minimum Gasteiger partial charge on any atom is -0.348 e. The first kappa shape index (κ1) is 15.0. The molecule has 1 aliphatic carbocycles. The Morgan fingerprint density at radius 1 is 1.27 bits per heavy atom. The zero-order valence-electron chi connectivity index (χ0n) is 12.8. The molecule has 1 amide bonds. The smallest absolute Gasteiger partial charge is 0.251 e. The molecule has 1 heterocycles. The predicted molar refractivity (Wildman–Crippen MR) is 88.6 cm³/mol. The van der Waals surface area contributed by atoms with E-state index in [4.69, 9.17) is 5.73 Å². The van der Waals surface area contributed by atoms with E-state index >= 15 is 0 Å². The van der Waals surface area contributed by atoms with E-state index in [9.17, 15) is 4.79 Å². The quantitative estimate of drug-likeness (QED) is 0.912. The van der Waals surface area contributed by atoms with Crippen molar-refractivity contribution < 1.29 is 4.79 Å². The van der Waals surface area contributed by atoms with Gasteiger partial charge in [-0.3, -0.25) is 9.78 Å². The van der Waals surface area contributed by atoms with Gasteiger partial charge in [-0.2, -0.15) is 0 Å². The molecule has 1 atom stereocenters. The molecule has 1 unspecified atom stereocenters. The number of carbonyl (C=O) groups is 1. The molecule has 0 aliphatic heterocycles. The lowest BCUT2D eigenvalue weighted by Crippen LogP contribution is -2.45. The highest BCUT2D eigenvalue weighted by molar-refractivity contribution is 5.98. The van der Waals surface area contributed by atoms with Crippen LogP contribution in [0.25, 0.3) is 10.9 Å². The zero-order chi connectivity index (χ0) is 15.4. The van der Waals surface area contributed by atoms with Gasteiger partial charge in [0.05, 0.1) is 5.52 Å². The zero-order valence-corrected chi connectivity index (χ0v) is 12.8. The van der Waals surface area contributed by atoms with Gasteiger partial charge in [0.25, 0.3) is 5.91 Å². The summed E-state index contributed by atoms with van der Waals surface area (Å²) in [5, 5.41) is 4.12. The van der Waals surface area contributed by atoms with Crippen molar-refractivity contribution in [1.82, 2.24) is 10.3 Å². The van der Waals surface area contributed by atoms with Crippen LogP contribution in [0, 0.1) is 5.92 Å². The molecule has 0 radical (unpaired) electrons. The summed E-state index contributed by atoms with van der Waals surface area (Å²) in [6.07, 6.45) is 7.90. The Labute approximate surface area is 131 Å². The molecule has 3 rings (SSSR count). The molecule has 1 saturated carbocycles. The second kappa shape index (κ2) is 6.88. The van der Waals surface area contributed by atoms with Crippen molar-refractivity contribution in [2.45, 2.75) is 38.1 Å². The largest absolute Gasteiger partial charge is 0.348 e. The molecule has 1 aromatic carbocycles.